The van der Waals surface area contributed by atoms with E-state index in [0.29, 0.717) is 5.69 Å². The third-order valence-corrected chi connectivity index (χ3v) is 4.32. The molecule has 0 saturated carbocycles. The summed E-state index contributed by atoms with van der Waals surface area (Å²) >= 11 is 11.9. The molecule has 0 radical (unpaired) electrons. The van der Waals surface area contributed by atoms with Crippen LogP contribution in [0.3, 0.4) is 0 Å². The number of benzene rings is 2. The number of anilines is 1. The molecule has 0 aliphatic carbocycles. The van der Waals surface area contributed by atoms with Gasteiger partial charge in [-0.1, -0.05) is 11.6 Å². The monoisotopic (exact) mass is 292 g/mol. The van der Waals surface area contributed by atoms with Crippen LogP contribution >= 0.6 is 35.6 Å². The molecule has 1 aromatic heterocycles. The molecule has 90 valence electrons. The van der Waals surface area contributed by atoms with E-state index < -0.39 is 0 Å². The zero-order valence-corrected chi connectivity index (χ0v) is 11.7. The van der Waals surface area contributed by atoms with Crippen LogP contribution in [0.15, 0.2) is 41.3 Å². The Bertz CT molecular complexity index is 737. The molecule has 0 fully saturated rings. The van der Waals surface area contributed by atoms with E-state index in [-0.39, 0.29) is 0 Å². The van der Waals surface area contributed by atoms with Gasteiger partial charge in [-0.2, -0.15) is 0 Å². The molecule has 0 atom stereocenters. The Morgan fingerprint density at radius 1 is 1.17 bits per heavy atom. The molecule has 2 nitrogen and oxygen atoms in total. The molecule has 0 bridgehead atoms. The second kappa shape index (κ2) is 4.46. The third kappa shape index (κ3) is 2.07. The minimum Gasteiger partial charge on any atom is -0.398 e. The van der Waals surface area contributed by atoms with Crippen LogP contribution in [0.1, 0.15) is 0 Å². The van der Waals surface area contributed by atoms with E-state index in [0.717, 1.165) is 30.7 Å². The summed E-state index contributed by atoms with van der Waals surface area (Å²) in [5, 5.41) is 1.67. The lowest BCUT2D eigenvalue weighted by Crippen LogP contribution is -1.86. The molecule has 0 aliphatic rings. The number of nitrogens with zero attached hydrogens (tertiary/aromatic N) is 1. The smallest absolute Gasteiger partial charge is 0.124 e. The average Bonchev–Trinajstić information content (AvgIpc) is 2.75. The topological polar surface area (TPSA) is 38.9 Å². The van der Waals surface area contributed by atoms with E-state index in [1.165, 1.54) is 0 Å². The maximum Gasteiger partial charge on any atom is 0.124 e. The fourth-order valence-corrected chi connectivity index (χ4v) is 3.15. The van der Waals surface area contributed by atoms with Gasteiger partial charge < -0.3 is 5.73 Å². The quantitative estimate of drug-likeness (QED) is 0.512. The Labute approximate surface area is 119 Å². The summed E-state index contributed by atoms with van der Waals surface area (Å²) in [5.41, 5.74) is 8.40. The lowest BCUT2D eigenvalue weighted by atomic mass is 10.2. The summed E-state index contributed by atoms with van der Waals surface area (Å²) < 4.78 is 1.08. The zero-order chi connectivity index (χ0) is 12.7. The van der Waals surface area contributed by atoms with Crippen LogP contribution in [0.25, 0.3) is 20.8 Å². The molecule has 18 heavy (non-hydrogen) atoms. The molecule has 1 heterocycles. The van der Waals surface area contributed by atoms with Gasteiger partial charge >= 0.3 is 0 Å². The van der Waals surface area contributed by atoms with Crippen LogP contribution in [-0.2, 0) is 0 Å². The van der Waals surface area contributed by atoms with E-state index >= 15 is 0 Å². The van der Waals surface area contributed by atoms with Gasteiger partial charge in [0.25, 0.3) is 0 Å². The normalized spacial score (nSPS) is 11.0. The van der Waals surface area contributed by atoms with Crippen molar-refractivity contribution in [3.8, 4) is 10.6 Å². The van der Waals surface area contributed by atoms with Crippen LogP contribution in [0.5, 0.6) is 0 Å². The molecular weight excluding hydrogens is 284 g/mol. The molecule has 0 amide bonds. The summed E-state index contributed by atoms with van der Waals surface area (Å²) in [6.45, 7) is 0. The van der Waals surface area contributed by atoms with Crippen LogP contribution in [0.4, 0.5) is 5.69 Å². The van der Waals surface area contributed by atoms with E-state index in [1.807, 2.05) is 36.4 Å². The number of aromatic nitrogens is 1. The van der Waals surface area contributed by atoms with Crippen LogP contribution in [0.2, 0.25) is 5.02 Å². The number of thiazole rings is 1. The molecule has 3 rings (SSSR count). The first kappa shape index (κ1) is 11.8. The van der Waals surface area contributed by atoms with E-state index in [4.69, 9.17) is 17.3 Å². The van der Waals surface area contributed by atoms with Crippen molar-refractivity contribution in [2.45, 2.75) is 4.90 Å². The number of hydrogen-bond acceptors (Lipinski definition) is 4. The van der Waals surface area contributed by atoms with Crippen molar-refractivity contribution < 1.29 is 0 Å². The highest BCUT2D eigenvalue weighted by molar-refractivity contribution is 7.80. The molecule has 0 spiro atoms. The molecule has 0 saturated heterocycles. The number of hydrogen-bond donors (Lipinski definition) is 2. The average molecular weight is 293 g/mol. The summed E-state index contributed by atoms with van der Waals surface area (Å²) in [6, 6.07) is 11.4. The number of thiol groups is 1. The van der Waals surface area contributed by atoms with Gasteiger partial charge in [-0.05, 0) is 36.4 Å². The highest BCUT2D eigenvalue weighted by Gasteiger charge is 2.07. The molecule has 3 aromatic rings. The largest absolute Gasteiger partial charge is 0.398 e. The first-order chi connectivity index (χ1) is 8.63. The molecule has 0 unspecified atom stereocenters. The fourth-order valence-electron chi connectivity index (χ4n) is 1.70. The van der Waals surface area contributed by atoms with Gasteiger partial charge in [-0.15, -0.1) is 24.0 Å². The highest BCUT2D eigenvalue weighted by atomic mass is 35.5. The Kier molecular flexibility index (Phi) is 2.93. The first-order valence-electron chi connectivity index (χ1n) is 5.28. The van der Waals surface area contributed by atoms with Gasteiger partial charge in [-0.3, -0.25) is 0 Å². The van der Waals surface area contributed by atoms with E-state index in [2.05, 4.69) is 17.6 Å². The number of nitrogen functional groups attached to an aromatic ring is 1. The predicted octanol–water partition coefficient (Wildman–Crippen LogP) is 4.49. The minimum atomic E-state index is 0.672. The van der Waals surface area contributed by atoms with Crippen molar-refractivity contribution >= 4 is 51.5 Å². The Hall–Kier alpha value is -1.23. The van der Waals surface area contributed by atoms with Gasteiger partial charge in [0.2, 0.25) is 0 Å². The van der Waals surface area contributed by atoms with Crippen LogP contribution in [0, 0.1) is 0 Å². The van der Waals surface area contributed by atoms with Crippen molar-refractivity contribution in [2.24, 2.45) is 0 Å². The summed E-state index contributed by atoms with van der Waals surface area (Å²) in [6.07, 6.45) is 0. The molecule has 2 N–H and O–H groups in total. The van der Waals surface area contributed by atoms with Crippen molar-refractivity contribution in [2.75, 3.05) is 5.73 Å². The maximum absolute atomic E-state index is 5.97. The van der Waals surface area contributed by atoms with Gasteiger partial charge in [0.05, 0.1) is 10.2 Å². The predicted molar refractivity (Wildman–Crippen MR) is 81.7 cm³/mol. The van der Waals surface area contributed by atoms with Gasteiger partial charge in [0.1, 0.15) is 5.01 Å². The summed E-state index contributed by atoms with van der Waals surface area (Å²) in [5.74, 6) is 0. The molecule has 0 aliphatic heterocycles. The SMILES string of the molecule is Nc1ccc(-c2nc3ccc(Cl)cc3s2)cc1S. The lowest BCUT2D eigenvalue weighted by molar-refractivity contribution is 1.43. The number of rotatable bonds is 1. The first-order valence-corrected chi connectivity index (χ1v) is 6.92. The van der Waals surface area contributed by atoms with Crippen molar-refractivity contribution in [3.63, 3.8) is 0 Å². The fraction of sp³-hybridized carbons (Fsp3) is 0. The van der Waals surface area contributed by atoms with E-state index in [1.54, 1.807) is 11.3 Å². The lowest BCUT2D eigenvalue weighted by Gasteiger charge is -2.00. The molecular formula is C13H9ClN2S2. The van der Waals surface area contributed by atoms with Crippen LogP contribution in [-0.4, -0.2) is 4.98 Å². The molecule has 2 aromatic carbocycles. The number of fused-ring (bicyclic) bond motifs is 1. The van der Waals surface area contributed by atoms with Gasteiger partial charge in [0.15, 0.2) is 0 Å². The summed E-state index contributed by atoms with van der Waals surface area (Å²) in [4.78, 5) is 5.35. The zero-order valence-electron chi connectivity index (χ0n) is 9.22. The summed E-state index contributed by atoms with van der Waals surface area (Å²) in [7, 11) is 0. The number of halogens is 1. The molecule has 5 heteroatoms. The third-order valence-electron chi connectivity index (χ3n) is 2.63. The van der Waals surface area contributed by atoms with Crippen molar-refractivity contribution in [1.29, 1.82) is 0 Å². The second-order valence-corrected chi connectivity index (χ2v) is 5.85. The maximum atomic E-state index is 5.97. The highest BCUT2D eigenvalue weighted by Crippen LogP contribution is 2.33. The Balaban J connectivity index is 2.16. The van der Waals surface area contributed by atoms with Crippen molar-refractivity contribution in [3.05, 3.63) is 41.4 Å². The van der Waals surface area contributed by atoms with Crippen molar-refractivity contribution in [1.82, 2.24) is 4.98 Å². The minimum absolute atomic E-state index is 0.672. The standard InChI is InChI=1S/C13H9ClN2S2/c14-8-2-4-10-12(6-8)18-13(16-10)7-1-3-9(15)11(17)5-7/h1-6,17H,15H2. The second-order valence-electron chi connectivity index (χ2n) is 3.90. The Morgan fingerprint density at radius 3 is 2.78 bits per heavy atom. The Morgan fingerprint density at radius 2 is 2.00 bits per heavy atom. The van der Waals surface area contributed by atoms with Crippen LogP contribution < -0.4 is 5.73 Å². The van der Waals surface area contributed by atoms with Gasteiger partial charge in [0, 0.05) is 21.2 Å². The van der Waals surface area contributed by atoms with E-state index in [9.17, 15) is 0 Å². The number of nitrogens with two attached hydrogens (primary N) is 1. The van der Waals surface area contributed by atoms with Gasteiger partial charge in [-0.25, -0.2) is 4.98 Å².